The number of nitrogens with one attached hydrogen (secondary N) is 1. The molecular formula is C13H18F2N2O2. The summed E-state index contributed by atoms with van der Waals surface area (Å²) in [5, 5.41) is 12.1. The van der Waals surface area contributed by atoms with Gasteiger partial charge in [0, 0.05) is 24.7 Å². The molecule has 0 aliphatic heterocycles. The van der Waals surface area contributed by atoms with Crippen molar-refractivity contribution in [3.8, 4) is 0 Å². The Labute approximate surface area is 111 Å². The number of nitrogens with zero attached hydrogens (tertiary/aromatic N) is 1. The predicted octanol–water partition coefficient (Wildman–Crippen LogP) is 1.42. The summed E-state index contributed by atoms with van der Waals surface area (Å²) in [4.78, 5) is 13.3. The van der Waals surface area contributed by atoms with E-state index < -0.39 is 23.1 Å². The molecule has 0 aromatic heterocycles. The standard InChI is InChI=1S/C13H18F2N2O2/c1-13(12(18)19,16-6-7-17(2)3)10-5-4-9(14)8-11(10)15/h4-5,8,16H,6-7H2,1-3H3,(H,18,19). The minimum atomic E-state index is -1.59. The molecule has 0 amide bonds. The van der Waals surface area contributed by atoms with Crippen LogP contribution < -0.4 is 5.32 Å². The van der Waals surface area contributed by atoms with E-state index in [0.717, 1.165) is 12.1 Å². The van der Waals surface area contributed by atoms with E-state index in [2.05, 4.69) is 5.32 Å². The van der Waals surface area contributed by atoms with Crippen LogP contribution in [0.25, 0.3) is 0 Å². The molecule has 0 fully saturated rings. The molecule has 2 N–H and O–H groups in total. The van der Waals surface area contributed by atoms with Crippen LogP contribution in [0, 0.1) is 11.6 Å². The van der Waals surface area contributed by atoms with Crippen molar-refractivity contribution in [2.45, 2.75) is 12.5 Å². The first-order chi connectivity index (χ1) is 8.77. The zero-order valence-corrected chi connectivity index (χ0v) is 11.2. The molecule has 0 aliphatic carbocycles. The third-order valence-electron chi connectivity index (χ3n) is 2.94. The van der Waals surface area contributed by atoms with Crippen molar-refractivity contribution >= 4 is 5.97 Å². The minimum Gasteiger partial charge on any atom is -0.480 e. The number of carbonyl (C=O) groups is 1. The summed E-state index contributed by atoms with van der Waals surface area (Å²) in [7, 11) is 3.69. The Bertz CT molecular complexity index is 466. The molecule has 0 heterocycles. The molecule has 1 atom stereocenters. The molecule has 1 aromatic carbocycles. The minimum absolute atomic E-state index is 0.0832. The van der Waals surface area contributed by atoms with Crippen LogP contribution >= 0.6 is 0 Å². The summed E-state index contributed by atoms with van der Waals surface area (Å²) in [6.07, 6.45) is 0. The third kappa shape index (κ3) is 3.71. The molecule has 0 bridgehead atoms. The van der Waals surface area contributed by atoms with Gasteiger partial charge in [-0.1, -0.05) is 6.07 Å². The van der Waals surface area contributed by atoms with Crippen LogP contribution in [0.3, 0.4) is 0 Å². The quantitative estimate of drug-likeness (QED) is 0.822. The first-order valence-corrected chi connectivity index (χ1v) is 5.86. The van der Waals surface area contributed by atoms with Gasteiger partial charge in [0.1, 0.15) is 17.2 Å². The van der Waals surface area contributed by atoms with Gasteiger partial charge in [-0.05, 0) is 27.1 Å². The van der Waals surface area contributed by atoms with Gasteiger partial charge in [0.05, 0.1) is 0 Å². The summed E-state index contributed by atoms with van der Waals surface area (Å²) in [6.45, 7) is 2.33. The van der Waals surface area contributed by atoms with Crippen LogP contribution in [0.1, 0.15) is 12.5 Å². The first-order valence-electron chi connectivity index (χ1n) is 5.86. The molecule has 4 nitrogen and oxygen atoms in total. The van der Waals surface area contributed by atoms with Gasteiger partial charge in [-0.3, -0.25) is 5.32 Å². The van der Waals surface area contributed by atoms with Crippen molar-refractivity contribution in [2.24, 2.45) is 0 Å². The molecular weight excluding hydrogens is 254 g/mol. The molecule has 0 spiro atoms. The molecule has 19 heavy (non-hydrogen) atoms. The average Bonchev–Trinajstić information content (AvgIpc) is 2.27. The fourth-order valence-corrected chi connectivity index (χ4v) is 1.71. The average molecular weight is 272 g/mol. The zero-order valence-electron chi connectivity index (χ0n) is 11.2. The van der Waals surface area contributed by atoms with Gasteiger partial charge in [-0.25, -0.2) is 13.6 Å². The number of benzene rings is 1. The molecule has 0 saturated heterocycles. The first kappa shape index (κ1) is 15.5. The molecule has 1 unspecified atom stereocenters. The Hall–Kier alpha value is -1.53. The molecule has 0 radical (unpaired) electrons. The van der Waals surface area contributed by atoms with Crippen LogP contribution in [-0.2, 0) is 10.3 Å². The monoisotopic (exact) mass is 272 g/mol. The Morgan fingerprint density at radius 2 is 2.05 bits per heavy atom. The summed E-state index contributed by atoms with van der Waals surface area (Å²) >= 11 is 0. The van der Waals surface area contributed by atoms with Crippen LogP contribution in [0.15, 0.2) is 18.2 Å². The Morgan fingerprint density at radius 1 is 1.42 bits per heavy atom. The number of aliphatic carboxylic acids is 1. The molecule has 6 heteroatoms. The predicted molar refractivity (Wildman–Crippen MR) is 67.9 cm³/mol. The lowest BCUT2D eigenvalue weighted by atomic mass is 9.91. The molecule has 0 aliphatic rings. The number of carboxylic acids is 1. The summed E-state index contributed by atoms with van der Waals surface area (Å²) < 4.78 is 26.6. The molecule has 1 aromatic rings. The maximum absolute atomic E-state index is 13.7. The fourth-order valence-electron chi connectivity index (χ4n) is 1.71. The van der Waals surface area contributed by atoms with E-state index >= 15 is 0 Å². The van der Waals surface area contributed by atoms with Crippen molar-refractivity contribution in [1.29, 1.82) is 0 Å². The highest BCUT2D eigenvalue weighted by Gasteiger charge is 2.37. The Balaban J connectivity index is 3.01. The van der Waals surface area contributed by atoms with E-state index in [1.165, 1.54) is 6.92 Å². The van der Waals surface area contributed by atoms with Crippen molar-refractivity contribution in [3.05, 3.63) is 35.4 Å². The highest BCUT2D eigenvalue weighted by Crippen LogP contribution is 2.24. The van der Waals surface area contributed by atoms with Crippen LogP contribution in [-0.4, -0.2) is 43.2 Å². The highest BCUT2D eigenvalue weighted by molar-refractivity contribution is 5.80. The van der Waals surface area contributed by atoms with Gasteiger partial charge in [0.15, 0.2) is 0 Å². The van der Waals surface area contributed by atoms with E-state index in [0.29, 0.717) is 19.2 Å². The van der Waals surface area contributed by atoms with Crippen molar-refractivity contribution < 1.29 is 18.7 Å². The summed E-state index contributed by atoms with van der Waals surface area (Å²) in [5.41, 5.74) is -1.67. The lowest BCUT2D eigenvalue weighted by Gasteiger charge is -2.28. The van der Waals surface area contributed by atoms with Crippen molar-refractivity contribution in [1.82, 2.24) is 10.2 Å². The van der Waals surface area contributed by atoms with Crippen LogP contribution in [0.5, 0.6) is 0 Å². The largest absolute Gasteiger partial charge is 0.480 e. The molecule has 0 saturated carbocycles. The number of hydrogen-bond donors (Lipinski definition) is 2. The zero-order chi connectivity index (χ0) is 14.6. The highest BCUT2D eigenvalue weighted by atomic mass is 19.1. The lowest BCUT2D eigenvalue weighted by Crippen LogP contribution is -2.49. The second-order valence-electron chi connectivity index (χ2n) is 4.78. The van der Waals surface area contributed by atoms with E-state index in [9.17, 15) is 18.7 Å². The number of rotatable bonds is 6. The van der Waals surface area contributed by atoms with E-state index in [4.69, 9.17) is 0 Å². The van der Waals surface area contributed by atoms with E-state index in [1.807, 2.05) is 19.0 Å². The Morgan fingerprint density at radius 3 is 2.53 bits per heavy atom. The fraction of sp³-hybridized carbons (Fsp3) is 0.462. The van der Waals surface area contributed by atoms with Gasteiger partial charge in [-0.15, -0.1) is 0 Å². The van der Waals surface area contributed by atoms with Crippen LogP contribution in [0.2, 0.25) is 0 Å². The molecule has 1 rings (SSSR count). The van der Waals surface area contributed by atoms with Crippen molar-refractivity contribution in [3.63, 3.8) is 0 Å². The van der Waals surface area contributed by atoms with E-state index in [1.54, 1.807) is 0 Å². The van der Waals surface area contributed by atoms with Gasteiger partial charge >= 0.3 is 5.97 Å². The molecule has 106 valence electrons. The van der Waals surface area contributed by atoms with Gasteiger partial charge in [0.2, 0.25) is 0 Å². The SMILES string of the molecule is CN(C)CCNC(C)(C(=O)O)c1ccc(F)cc1F. The number of carboxylic acid groups (broad SMARTS) is 1. The maximum Gasteiger partial charge on any atom is 0.328 e. The topological polar surface area (TPSA) is 52.6 Å². The Kier molecular flexibility index (Phi) is 4.97. The summed E-state index contributed by atoms with van der Waals surface area (Å²) in [6, 6.07) is 2.89. The summed E-state index contributed by atoms with van der Waals surface area (Å²) in [5.74, 6) is -2.82. The number of likely N-dealkylation sites (N-methyl/N-ethyl adjacent to an activating group) is 1. The number of halogens is 2. The van der Waals surface area contributed by atoms with Crippen LogP contribution in [0.4, 0.5) is 8.78 Å². The van der Waals surface area contributed by atoms with E-state index in [-0.39, 0.29) is 5.56 Å². The van der Waals surface area contributed by atoms with Gasteiger partial charge in [-0.2, -0.15) is 0 Å². The third-order valence-corrected chi connectivity index (χ3v) is 2.94. The normalized spacial score (nSPS) is 14.4. The lowest BCUT2D eigenvalue weighted by molar-refractivity contribution is -0.144. The van der Waals surface area contributed by atoms with Gasteiger partial charge in [0.25, 0.3) is 0 Å². The van der Waals surface area contributed by atoms with Crippen molar-refractivity contribution in [2.75, 3.05) is 27.2 Å². The smallest absolute Gasteiger partial charge is 0.328 e. The number of hydrogen-bond acceptors (Lipinski definition) is 3. The maximum atomic E-state index is 13.7. The second-order valence-corrected chi connectivity index (χ2v) is 4.78. The van der Waals surface area contributed by atoms with Gasteiger partial charge < -0.3 is 10.0 Å². The second kappa shape index (κ2) is 6.08.